The summed E-state index contributed by atoms with van der Waals surface area (Å²) >= 11 is 0. The molecule has 1 aromatic heterocycles. The van der Waals surface area contributed by atoms with Crippen LogP contribution in [0.4, 0.5) is 13.2 Å². The van der Waals surface area contributed by atoms with Gasteiger partial charge in [-0.25, -0.2) is 0 Å². The van der Waals surface area contributed by atoms with Gasteiger partial charge in [-0.05, 0) is 57.0 Å². The zero-order valence-electron chi connectivity index (χ0n) is 16.0. The van der Waals surface area contributed by atoms with Crippen molar-refractivity contribution >= 4 is 5.91 Å². The molecule has 2 heterocycles. The molecule has 0 radical (unpaired) electrons. The van der Waals surface area contributed by atoms with E-state index in [0.717, 1.165) is 6.07 Å². The number of carbonyl (C=O) groups is 1. The van der Waals surface area contributed by atoms with E-state index in [-0.39, 0.29) is 29.8 Å². The number of alkyl halides is 3. The van der Waals surface area contributed by atoms with Crippen LogP contribution in [0, 0.1) is 13.8 Å². The van der Waals surface area contributed by atoms with Gasteiger partial charge < -0.3 is 15.0 Å². The van der Waals surface area contributed by atoms with Crippen LogP contribution in [0.1, 0.15) is 52.2 Å². The molecule has 3 rings (SSSR count). The van der Waals surface area contributed by atoms with E-state index in [4.69, 9.17) is 4.74 Å². The Labute approximate surface area is 159 Å². The lowest BCUT2D eigenvalue weighted by atomic mass is 9.97. The van der Waals surface area contributed by atoms with Crippen LogP contribution in [0.3, 0.4) is 0 Å². The van der Waals surface area contributed by atoms with Gasteiger partial charge in [0.1, 0.15) is 11.4 Å². The van der Waals surface area contributed by atoms with Gasteiger partial charge in [-0.2, -0.15) is 13.2 Å². The Kier molecular flexibility index (Phi) is 4.77. The first kappa shape index (κ1) is 20.0. The first-order valence-electron chi connectivity index (χ1n) is 8.78. The fourth-order valence-corrected chi connectivity index (χ4v) is 3.43. The lowest BCUT2D eigenvalue weighted by molar-refractivity contribution is -0.139. The smallest absolute Gasteiger partial charge is 0.419 e. The first-order valence-corrected chi connectivity index (χ1v) is 8.78. The van der Waals surface area contributed by atoms with Gasteiger partial charge in [0.25, 0.3) is 11.5 Å². The minimum absolute atomic E-state index is 0.0826. The van der Waals surface area contributed by atoms with Crippen LogP contribution in [-0.2, 0) is 19.1 Å². The minimum Gasteiger partial charge on any atom is -0.487 e. The van der Waals surface area contributed by atoms with Crippen LogP contribution in [-0.4, -0.2) is 16.5 Å². The summed E-state index contributed by atoms with van der Waals surface area (Å²) in [6, 6.07) is 3.97. The Morgan fingerprint density at radius 1 is 1.25 bits per heavy atom. The molecule has 0 fully saturated rings. The van der Waals surface area contributed by atoms with Crippen molar-refractivity contribution < 1.29 is 22.7 Å². The summed E-state index contributed by atoms with van der Waals surface area (Å²) in [4.78, 5) is 27.2. The molecule has 28 heavy (non-hydrogen) atoms. The van der Waals surface area contributed by atoms with Gasteiger partial charge in [0.05, 0.1) is 5.56 Å². The maximum Gasteiger partial charge on any atom is 0.419 e. The monoisotopic (exact) mass is 394 g/mol. The number of aromatic nitrogens is 1. The summed E-state index contributed by atoms with van der Waals surface area (Å²) in [5, 5.41) is 2.54. The van der Waals surface area contributed by atoms with E-state index in [1.807, 2.05) is 0 Å². The molecular formula is C20H21F3N2O3. The number of rotatable bonds is 3. The topological polar surface area (TPSA) is 71.2 Å². The number of aryl methyl sites for hydroxylation is 2. The predicted octanol–water partition coefficient (Wildman–Crippen LogP) is 3.65. The average molecular weight is 394 g/mol. The number of hydrogen-bond acceptors (Lipinski definition) is 3. The highest BCUT2D eigenvalue weighted by Crippen LogP contribution is 2.45. The molecule has 5 nitrogen and oxygen atoms in total. The maximum atomic E-state index is 13.5. The van der Waals surface area contributed by atoms with Crippen LogP contribution in [0.5, 0.6) is 5.75 Å². The highest BCUT2D eigenvalue weighted by molar-refractivity contribution is 5.95. The summed E-state index contributed by atoms with van der Waals surface area (Å²) in [7, 11) is 0. The molecule has 0 saturated carbocycles. The summed E-state index contributed by atoms with van der Waals surface area (Å²) in [5.74, 6) is -0.905. The molecule has 1 aliphatic rings. The third kappa shape index (κ3) is 3.90. The van der Waals surface area contributed by atoms with Crippen molar-refractivity contribution in [1.29, 1.82) is 0 Å². The molecule has 1 aliphatic heterocycles. The van der Waals surface area contributed by atoms with Crippen LogP contribution >= 0.6 is 0 Å². The lowest BCUT2D eigenvalue weighted by Crippen LogP contribution is -2.28. The van der Waals surface area contributed by atoms with Gasteiger partial charge in [0, 0.05) is 29.8 Å². The summed E-state index contributed by atoms with van der Waals surface area (Å²) in [5.41, 5.74) is -0.106. The molecule has 8 heteroatoms. The van der Waals surface area contributed by atoms with Gasteiger partial charge in [-0.15, -0.1) is 0 Å². The Morgan fingerprint density at radius 2 is 1.93 bits per heavy atom. The number of nitrogens with one attached hydrogen (secondary N) is 2. The number of amides is 1. The van der Waals surface area contributed by atoms with Crippen molar-refractivity contribution in [2.24, 2.45) is 0 Å². The molecule has 1 amide bonds. The predicted molar refractivity (Wildman–Crippen MR) is 97.6 cm³/mol. The van der Waals surface area contributed by atoms with Crippen molar-refractivity contribution in [3.8, 4) is 5.75 Å². The number of hydrogen-bond donors (Lipinski definition) is 2. The van der Waals surface area contributed by atoms with Gasteiger partial charge in [0.2, 0.25) is 0 Å². The van der Waals surface area contributed by atoms with E-state index in [2.05, 4.69) is 10.3 Å². The van der Waals surface area contributed by atoms with E-state index in [1.54, 1.807) is 33.8 Å². The SMILES string of the molecule is Cc1cc(C)c(CNC(=O)c2cc3c(c(C(F)(F)F)c2)OC(C)(C)C3)c(=O)[nH]1. The molecule has 0 spiro atoms. The highest BCUT2D eigenvalue weighted by atomic mass is 19.4. The van der Waals surface area contributed by atoms with Crippen LogP contribution in [0.2, 0.25) is 0 Å². The fraction of sp³-hybridized carbons (Fsp3) is 0.400. The normalized spacial score (nSPS) is 15.1. The van der Waals surface area contributed by atoms with E-state index in [0.29, 0.717) is 22.4 Å². The molecule has 0 unspecified atom stereocenters. The molecule has 2 N–H and O–H groups in total. The molecule has 2 aromatic rings. The molecule has 0 aliphatic carbocycles. The summed E-state index contributed by atoms with van der Waals surface area (Å²) in [6.07, 6.45) is -4.38. The van der Waals surface area contributed by atoms with Crippen molar-refractivity contribution in [2.45, 2.75) is 52.4 Å². The van der Waals surface area contributed by atoms with Crippen molar-refractivity contribution in [3.05, 3.63) is 62.1 Å². The molecule has 0 saturated heterocycles. The number of ether oxygens (including phenoxy) is 1. The summed E-state index contributed by atoms with van der Waals surface area (Å²) < 4.78 is 45.9. The van der Waals surface area contributed by atoms with Gasteiger partial charge in [-0.3, -0.25) is 9.59 Å². The van der Waals surface area contributed by atoms with Gasteiger partial charge >= 0.3 is 6.18 Å². The van der Waals surface area contributed by atoms with E-state index < -0.39 is 23.2 Å². The second-order valence-electron chi connectivity index (χ2n) is 7.67. The zero-order valence-corrected chi connectivity index (χ0v) is 16.0. The van der Waals surface area contributed by atoms with Crippen LogP contribution < -0.4 is 15.6 Å². The quantitative estimate of drug-likeness (QED) is 0.835. The Hall–Kier alpha value is -2.77. The Morgan fingerprint density at radius 3 is 2.54 bits per heavy atom. The van der Waals surface area contributed by atoms with Crippen LogP contribution in [0.15, 0.2) is 23.0 Å². The number of carbonyl (C=O) groups excluding carboxylic acids is 1. The van der Waals surface area contributed by atoms with Crippen molar-refractivity contribution in [3.63, 3.8) is 0 Å². The number of halogens is 3. The number of H-pyrrole nitrogens is 1. The summed E-state index contributed by atoms with van der Waals surface area (Å²) in [6.45, 7) is 6.78. The third-order valence-corrected chi connectivity index (χ3v) is 4.65. The molecule has 150 valence electrons. The van der Waals surface area contributed by atoms with Crippen LogP contribution in [0.25, 0.3) is 0 Å². The first-order chi connectivity index (χ1) is 12.9. The van der Waals surface area contributed by atoms with E-state index >= 15 is 0 Å². The maximum absolute atomic E-state index is 13.5. The number of pyridine rings is 1. The van der Waals surface area contributed by atoms with Crippen molar-refractivity contribution in [1.82, 2.24) is 10.3 Å². The molecule has 0 bridgehead atoms. The minimum atomic E-state index is -4.65. The molecular weight excluding hydrogens is 373 g/mol. The van der Waals surface area contributed by atoms with Crippen molar-refractivity contribution in [2.75, 3.05) is 0 Å². The van der Waals surface area contributed by atoms with Gasteiger partial charge in [0.15, 0.2) is 0 Å². The largest absolute Gasteiger partial charge is 0.487 e. The number of fused-ring (bicyclic) bond motifs is 1. The Balaban J connectivity index is 1.90. The van der Waals surface area contributed by atoms with E-state index in [9.17, 15) is 22.8 Å². The molecule has 0 atom stereocenters. The fourth-order valence-electron chi connectivity index (χ4n) is 3.43. The number of aromatic amines is 1. The molecule has 1 aromatic carbocycles. The lowest BCUT2D eigenvalue weighted by Gasteiger charge is -2.19. The average Bonchev–Trinajstić information content (AvgIpc) is 2.85. The standard InChI is InChI=1S/C20H21F3N2O3/c1-10-5-11(2)25-18(27)14(10)9-24-17(26)12-6-13-8-19(3,4)28-16(13)15(7-12)20(21,22)23/h5-7H,8-9H2,1-4H3,(H,24,26)(H,25,27). The Bertz CT molecular complexity index is 1010. The second kappa shape index (κ2) is 6.68. The third-order valence-electron chi connectivity index (χ3n) is 4.65. The van der Waals surface area contributed by atoms with E-state index in [1.165, 1.54) is 6.07 Å². The second-order valence-corrected chi connectivity index (χ2v) is 7.67. The van der Waals surface area contributed by atoms with Gasteiger partial charge in [-0.1, -0.05) is 0 Å². The highest BCUT2D eigenvalue weighted by Gasteiger charge is 2.42. The zero-order chi connectivity index (χ0) is 20.9. The number of benzene rings is 1.